The van der Waals surface area contributed by atoms with E-state index in [0.29, 0.717) is 18.4 Å². The van der Waals surface area contributed by atoms with Gasteiger partial charge in [0.2, 0.25) is 0 Å². The Labute approximate surface area is 96.8 Å². The van der Waals surface area contributed by atoms with Crippen molar-refractivity contribution in [1.82, 2.24) is 0 Å². The second-order valence-corrected chi connectivity index (χ2v) is 4.31. The first-order chi connectivity index (χ1) is 7.59. The molecule has 0 heterocycles. The van der Waals surface area contributed by atoms with Gasteiger partial charge < -0.3 is 4.74 Å². The lowest BCUT2D eigenvalue weighted by Gasteiger charge is -2.15. The number of ether oxygens (including phenoxy) is 1. The molecule has 0 radical (unpaired) electrons. The van der Waals surface area contributed by atoms with Crippen LogP contribution in [0.25, 0.3) is 0 Å². The third-order valence-corrected chi connectivity index (χ3v) is 2.64. The van der Waals surface area contributed by atoms with E-state index >= 15 is 0 Å². The molecule has 88 valence electrons. The van der Waals surface area contributed by atoms with Crippen LogP contribution in [0.3, 0.4) is 0 Å². The van der Waals surface area contributed by atoms with E-state index < -0.39 is 6.09 Å². The molecule has 0 spiro atoms. The molecule has 0 saturated carbocycles. The summed E-state index contributed by atoms with van der Waals surface area (Å²) in [5.74, 6) is 0.894. The van der Waals surface area contributed by atoms with Crippen LogP contribution in [-0.4, -0.2) is 12.7 Å². The first-order valence-electron chi connectivity index (χ1n) is 5.58. The fourth-order valence-electron chi connectivity index (χ4n) is 1.08. The molecule has 0 aliphatic rings. The molecule has 1 N–H and O–H groups in total. The molecule has 3 nitrogen and oxygen atoms in total. The molecule has 16 heavy (non-hydrogen) atoms. The van der Waals surface area contributed by atoms with Crippen molar-refractivity contribution >= 4 is 11.8 Å². The van der Waals surface area contributed by atoms with Gasteiger partial charge in [0.25, 0.3) is 0 Å². The maximum Gasteiger partial charge on any atom is 0.411 e. The number of anilines is 1. The maximum absolute atomic E-state index is 11.4. The van der Waals surface area contributed by atoms with Crippen molar-refractivity contribution < 1.29 is 9.53 Å². The van der Waals surface area contributed by atoms with Crippen LogP contribution in [0.2, 0.25) is 0 Å². The smallest absolute Gasteiger partial charge is 0.411 e. The zero-order valence-corrected chi connectivity index (χ0v) is 10.1. The van der Waals surface area contributed by atoms with Gasteiger partial charge in [-0.1, -0.05) is 39.0 Å². The minimum Gasteiger partial charge on any atom is -0.449 e. The number of nitrogens with one attached hydrogen (secondary N) is 1. The molecule has 3 heteroatoms. The zero-order valence-electron chi connectivity index (χ0n) is 10.1. The molecule has 1 atom stereocenters. The highest BCUT2D eigenvalue weighted by atomic mass is 16.5. The molecular formula is C13H19NO2. The molecular weight excluding hydrogens is 202 g/mol. The number of para-hydroxylation sites is 1. The van der Waals surface area contributed by atoms with Gasteiger partial charge in [-0.25, -0.2) is 4.79 Å². The van der Waals surface area contributed by atoms with Crippen molar-refractivity contribution in [2.24, 2.45) is 11.8 Å². The largest absolute Gasteiger partial charge is 0.449 e. The molecule has 1 aromatic rings. The molecule has 1 unspecified atom stereocenters. The SMILES string of the molecule is CC(C)C(C)COC(=O)Nc1ccccc1. The number of hydrogen-bond donors (Lipinski definition) is 1. The molecule has 1 aromatic carbocycles. The molecule has 1 amide bonds. The first-order valence-corrected chi connectivity index (χ1v) is 5.58. The van der Waals surface area contributed by atoms with E-state index in [2.05, 4.69) is 26.1 Å². The van der Waals surface area contributed by atoms with Crippen LogP contribution in [0.5, 0.6) is 0 Å². The normalized spacial score (nSPS) is 12.2. The summed E-state index contributed by atoms with van der Waals surface area (Å²) in [6, 6.07) is 9.29. The molecule has 0 fully saturated rings. The van der Waals surface area contributed by atoms with Gasteiger partial charge in [0.15, 0.2) is 0 Å². The lowest BCUT2D eigenvalue weighted by Crippen LogP contribution is -2.19. The predicted octanol–water partition coefficient (Wildman–Crippen LogP) is 3.53. The summed E-state index contributed by atoms with van der Waals surface area (Å²) >= 11 is 0. The third-order valence-electron chi connectivity index (χ3n) is 2.64. The van der Waals surface area contributed by atoms with Crippen molar-refractivity contribution in [1.29, 1.82) is 0 Å². The molecule has 1 rings (SSSR count). The third kappa shape index (κ3) is 4.34. The van der Waals surface area contributed by atoms with E-state index in [1.165, 1.54) is 0 Å². The first kappa shape index (κ1) is 12.6. The minimum atomic E-state index is -0.390. The molecule has 0 aromatic heterocycles. The van der Waals surface area contributed by atoms with E-state index in [1.54, 1.807) is 0 Å². The average molecular weight is 221 g/mol. The number of hydrogen-bond acceptors (Lipinski definition) is 2. The summed E-state index contributed by atoms with van der Waals surface area (Å²) in [6.07, 6.45) is -0.390. The van der Waals surface area contributed by atoms with Crippen LogP contribution in [-0.2, 0) is 4.74 Å². The number of benzene rings is 1. The zero-order chi connectivity index (χ0) is 12.0. The number of rotatable bonds is 4. The summed E-state index contributed by atoms with van der Waals surface area (Å²) in [7, 11) is 0. The van der Waals surface area contributed by atoms with E-state index in [4.69, 9.17) is 4.74 Å². The lowest BCUT2D eigenvalue weighted by atomic mass is 10.00. The van der Waals surface area contributed by atoms with Crippen LogP contribution >= 0.6 is 0 Å². The van der Waals surface area contributed by atoms with Crippen molar-refractivity contribution in [2.45, 2.75) is 20.8 Å². The highest BCUT2D eigenvalue weighted by molar-refractivity contribution is 5.84. The standard InChI is InChI=1S/C13H19NO2/c1-10(2)11(3)9-16-13(15)14-12-7-5-4-6-8-12/h4-8,10-11H,9H2,1-3H3,(H,14,15). The monoisotopic (exact) mass is 221 g/mol. The Bertz CT molecular complexity index is 322. The summed E-state index contributed by atoms with van der Waals surface area (Å²) < 4.78 is 5.12. The van der Waals surface area contributed by atoms with E-state index in [0.717, 1.165) is 5.69 Å². The van der Waals surface area contributed by atoms with Crippen molar-refractivity contribution in [3.63, 3.8) is 0 Å². The van der Waals surface area contributed by atoms with Gasteiger partial charge in [-0.05, 0) is 24.0 Å². The Morgan fingerprint density at radius 2 is 1.88 bits per heavy atom. The molecule has 0 bridgehead atoms. The Hall–Kier alpha value is -1.51. The molecule has 0 aliphatic carbocycles. The van der Waals surface area contributed by atoms with Gasteiger partial charge in [0.05, 0.1) is 6.61 Å². The van der Waals surface area contributed by atoms with Crippen LogP contribution in [0.4, 0.5) is 10.5 Å². The predicted molar refractivity (Wildman–Crippen MR) is 65.4 cm³/mol. The Morgan fingerprint density at radius 3 is 2.44 bits per heavy atom. The fourth-order valence-corrected chi connectivity index (χ4v) is 1.08. The Kier molecular flexibility index (Phi) is 4.83. The van der Waals surface area contributed by atoms with Crippen LogP contribution < -0.4 is 5.32 Å². The van der Waals surface area contributed by atoms with Crippen molar-refractivity contribution in [3.8, 4) is 0 Å². The van der Waals surface area contributed by atoms with Crippen LogP contribution in [0, 0.1) is 11.8 Å². The second-order valence-electron chi connectivity index (χ2n) is 4.31. The van der Waals surface area contributed by atoms with Crippen LogP contribution in [0.1, 0.15) is 20.8 Å². The van der Waals surface area contributed by atoms with E-state index in [1.807, 2.05) is 30.3 Å². The van der Waals surface area contributed by atoms with Gasteiger partial charge >= 0.3 is 6.09 Å². The summed E-state index contributed by atoms with van der Waals surface area (Å²) in [4.78, 5) is 11.4. The second kappa shape index (κ2) is 6.16. The average Bonchev–Trinajstić information content (AvgIpc) is 2.27. The van der Waals surface area contributed by atoms with Crippen LogP contribution in [0.15, 0.2) is 30.3 Å². The van der Waals surface area contributed by atoms with Gasteiger partial charge in [0.1, 0.15) is 0 Å². The summed E-state index contributed by atoms with van der Waals surface area (Å²) in [5.41, 5.74) is 0.754. The van der Waals surface area contributed by atoms with Gasteiger partial charge in [0, 0.05) is 5.69 Å². The topological polar surface area (TPSA) is 38.3 Å². The lowest BCUT2D eigenvalue weighted by molar-refractivity contribution is 0.133. The Balaban J connectivity index is 2.32. The highest BCUT2D eigenvalue weighted by Gasteiger charge is 2.10. The number of carbonyl (C=O) groups is 1. The van der Waals surface area contributed by atoms with Gasteiger partial charge in [-0.2, -0.15) is 0 Å². The summed E-state index contributed by atoms with van der Waals surface area (Å²) in [6.45, 7) is 6.75. The van der Waals surface area contributed by atoms with Gasteiger partial charge in [-0.3, -0.25) is 5.32 Å². The van der Waals surface area contributed by atoms with Gasteiger partial charge in [-0.15, -0.1) is 0 Å². The van der Waals surface area contributed by atoms with Crippen molar-refractivity contribution in [3.05, 3.63) is 30.3 Å². The Morgan fingerprint density at radius 1 is 1.25 bits per heavy atom. The summed E-state index contributed by atoms with van der Waals surface area (Å²) in [5, 5.41) is 2.68. The quantitative estimate of drug-likeness (QED) is 0.844. The molecule has 0 saturated heterocycles. The van der Waals surface area contributed by atoms with Crippen molar-refractivity contribution in [2.75, 3.05) is 11.9 Å². The fraction of sp³-hybridized carbons (Fsp3) is 0.462. The maximum atomic E-state index is 11.4. The molecule has 0 aliphatic heterocycles. The van der Waals surface area contributed by atoms with E-state index in [-0.39, 0.29) is 0 Å². The minimum absolute atomic E-state index is 0.376. The highest BCUT2D eigenvalue weighted by Crippen LogP contribution is 2.10. The number of amides is 1. The van der Waals surface area contributed by atoms with E-state index in [9.17, 15) is 4.79 Å². The number of carbonyl (C=O) groups excluding carboxylic acids is 1.